The fourth-order valence-corrected chi connectivity index (χ4v) is 3.07. The first-order valence-corrected chi connectivity index (χ1v) is 8.05. The summed E-state index contributed by atoms with van der Waals surface area (Å²) in [6.45, 7) is 4.52. The lowest BCUT2D eigenvalue weighted by molar-refractivity contribution is 0.0472. The largest absolute Gasteiger partial charge is 0.454 e. The summed E-state index contributed by atoms with van der Waals surface area (Å²) in [5.41, 5.74) is 2.47. The molecule has 2 aromatic rings. The van der Waals surface area contributed by atoms with Crippen molar-refractivity contribution in [2.75, 3.05) is 6.61 Å². The van der Waals surface area contributed by atoms with Gasteiger partial charge in [0.05, 0.1) is 11.3 Å². The Bertz CT molecular complexity index is 792. The molecule has 2 rings (SSSR count). The summed E-state index contributed by atoms with van der Waals surface area (Å²) in [6, 6.07) is 6.99. The van der Waals surface area contributed by atoms with Crippen LogP contribution in [0.4, 0.5) is 0 Å². The number of Topliss-reactive ketones (excluding diaryl/α,β-unsaturated/α-hetero) is 2. The number of carbonyl (C=O) groups excluding carboxylic acids is 3. The number of benzene rings is 1. The number of esters is 1. The van der Waals surface area contributed by atoms with Crippen molar-refractivity contribution in [3.05, 3.63) is 55.9 Å². The van der Waals surface area contributed by atoms with Gasteiger partial charge >= 0.3 is 5.97 Å². The van der Waals surface area contributed by atoms with Gasteiger partial charge < -0.3 is 9.72 Å². The number of aryl methyl sites for hydroxylation is 1. The van der Waals surface area contributed by atoms with Crippen molar-refractivity contribution in [2.24, 2.45) is 0 Å². The van der Waals surface area contributed by atoms with Gasteiger partial charge in [0.25, 0.3) is 0 Å². The minimum absolute atomic E-state index is 0.105. The number of rotatable bonds is 5. The molecule has 0 aliphatic rings. The molecule has 0 amide bonds. The molecular formula is C17H16INO4. The number of aromatic amines is 1. The first-order chi connectivity index (χ1) is 10.8. The maximum atomic E-state index is 12.3. The van der Waals surface area contributed by atoms with Crippen LogP contribution in [0.3, 0.4) is 0 Å². The highest BCUT2D eigenvalue weighted by atomic mass is 127. The fourth-order valence-electron chi connectivity index (χ4n) is 2.46. The second kappa shape index (κ2) is 7.08. The molecule has 0 fully saturated rings. The SMILES string of the molecule is CC(=O)c1c(C)[nH]c(C(=O)COC(=O)c2ccccc2I)c1C. The van der Waals surface area contributed by atoms with Crippen LogP contribution < -0.4 is 0 Å². The van der Waals surface area contributed by atoms with Gasteiger partial charge in [0.15, 0.2) is 12.4 Å². The van der Waals surface area contributed by atoms with Crippen LogP contribution in [-0.2, 0) is 4.74 Å². The highest BCUT2D eigenvalue weighted by Gasteiger charge is 2.21. The van der Waals surface area contributed by atoms with Gasteiger partial charge in [0, 0.05) is 14.8 Å². The Kier molecular flexibility index (Phi) is 5.35. The highest BCUT2D eigenvalue weighted by Crippen LogP contribution is 2.19. The van der Waals surface area contributed by atoms with Crippen LogP contribution in [0.2, 0.25) is 0 Å². The minimum atomic E-state index is -0.545. The third-order valence-electron chi connectivity index (χ3n) is 3.50. The summed E-state index contributed by atoms with van der Waals surface area (Å²) in [4.78, 5) is 38.8. The number of hydrogen-bond donors (Lipinski definition) is 1. The van der Waals surface area contributed by atoms with E-state index in [1.807, 2.05) is 28.7 Å². The molecule has 0 bridgehead atoms. The van der Waals surface area contributed by atoms with E-state index in [2.05, 4.69) is 4.98 Å². The number of hydrogen-bond acceptors (Lipinski definition) is 4. The van der Waals surface area contributed by atoms with E-state index in [1.165, 1.54) is 6.92 Å². The molecule has 0 atom stereocenters. The van der Waals surface area contributed by atoms with Crippen LogP contribution in [-0.4, -0.2) is 29.1 Å². The Morgan fingerprint density at radius 3 is 2.39 bits per heavy atom. The topological polar surface area (TPSA) is 76.2 Å². The van der Waals surface area contributed by atoms with Gasteiger partial charge in [-0.05, 0) is 61.1 Å². The molecule has 1 aromatic heterocycles. The molecule has 0 aliphatic carbocycles. The van der Waals surface area contributed by atoms with Gasteiger partial charge in [-0.1, -0.05) is 12.1 Å². The van der Waals surface area contributed by atoms with Crippen molar-refractivity contribution in [3.63, 3.8) is 0 Å². The highest BCUT2D eigenvalue weighted by molar-refractivity contribution is 14.1. The van der Waals surface area contributed by atoms with Crippen molar-refractivity contribution in [3.8, 4) is 0 Å². The van der Waals surface area contributed by atoms with Gasteiger partial charge in [0.1, 0.15) is 0 Å². The second-order valence-corrected chi connectivity index (χ2v) is 6.32. The number of ketones is 2. The maximum Gasteiger partial charge on any atom is 0.339 e. The van der Waals surface area contributed by atoms with Crippen LogP contribution >= 0.6 is 22.6 Å². The van der Waals surface area contributed by atoms with E-state index >= 15 is 0 Å². The van der Waals surface area contributed by atoms with Crippen molar-refractivity contribution in [2.45, 2.75) is 20.8 Å². The molecule has 0 radical (unpaired) electrons. The lowest BCUT2D eigenvalue weighted by Crippen LogP contribution is -2.16. The van der Waals surface area contributed by atoms with Crippen LogP contribution in [0.15, 0.2) is 24.3 Å². The summed E-state index contributed by atoms with van der Waals surface area (Å²) in [7, 11) is 0. The van der Waals surface area contributed by atoms with Gasteiger partial charge in [-0.2, -0.15) is 0 Å². The summed E-state index contributed by atoms with van der Waals surface area (Å²) >= 11 is 2.03. The Labute approximate surface area is 147 Å². The Balaban J connectivity index is 2.12. The summed E-state index contributed by atoms with van der Waals surface area (Å²) in [5, 5.41) is 0. The second-order valence-electron chi connectivity index (χ2n) is 5.16. The number of aromatic nitrogens is 1. The van der Waals surface area contributed by atoms with Crippen molar-refractivity contribution in [1.82, 2.24) is 4.98 Å². The van der Waals surface area contributed by atoms with Crippen LogP contribution in [0.5, 0.6) is 0 Å². The third-order valence-corrected chi connectivity index (χ3v) is 4.44. The molecular weight excluding hydrogens is 409 g/mol. The quantitative estimate of drug-likeness (QED) is 0.452. The van der Waals surface area contributed by atoms with E-state index in [0.29, 0.717) is 28.1 Å². The number of nitrogens with one attached hydrogen (secondary N) is 1. The first-order valence-electron chi connectivity index (χ1n) is 6.98. The first kappa shape index (κ1) is 17.4. The van der Waals surface area contributed by atoms with E-state index < -0.39 is 5.97 Å². The van der Waals surface area contributed by atoms with Crippen molar-refractivity contribution < 1.29 is 19.1 Å². The van der Waals surface area contributed by atoms with Gasteiger partial charge in [-0.25, -0.2) is 4.79 Å². The molecule has 6 heteroatoms. The molecule has 0 unspecified atom stereocenters. The zero-order valence-electron chi connectivity index (χ0n) is 13.0. The van der Waals surface area contributed by atoms with E-state index in [0.717, 1.165) is 3.57 Å². The molecule has 1 N–H and O–H groups in total. The molecule has 5 nitrogen and oxygen atoms in total. The molecule has 0 saturated carbocycles. The average Bonchev–Trinajstić information content (AvgIpc) is 2.80. The van der Waals surface area contributed by atoms with E-state index in [9.17, 15) is 14.4 Å². The smallest absolute Gasteiger partial charge is 0.339 e. The number of halogens is 1. The normalized spacial score (nSPS) is 10.4. The molecule has 23 heavy (non-hydrogen) atoms. The van der Waals surface area contributed by atoms with Gasteiger partial charge in [-0.15, -0.1) is 0 Å². The Hall–Kier alpha value is -1.96. The molecule has 1 heterocycles. The zero-order valence-corrected chi connectivity index (χ0v) is 15.2. The zero-order chi connectivity index (χ0) is 17.1. The summed E-state index contributed by atoms with van der Waals surface area (Å²) in [6.07, 6.45) is 0. The molecule has 0 spiro atoms. The summed E-state index contributed by atoms with van der Waals surface area (Å²) < 4.78 is 5.85. The van der Waals surface area contributed by atoms with Gasteiger partial charge in [-0.3, -0.25) is 9.59 Å². The predicted octanol–water partition coefficient (Wildman–Crippen LogP) is 3.48. The number of carbonyl (C=O) groups is 3. The third kappa shape index (κ3) is 3.69. The maximum absolute atomic E-state index is 12.3. The number of H-pyrrole nitrogens is 1. The van der Waals surface area contributed by atoms with Gasteiger partial charge in [0.2, 0.25) is 5.78 Å². The Morgan fingerprint density at radius 2 is 1.83 bits per heavy atom. The predicted molar refractivity (Wildman–Crippen MR) is 94.0 cm³/mol. The Morgan fingerprint density at radius 1 is 1.17 bits per heavy atom. The molecule has 1 aromatic carbocycles. The van der Waals surface area contributed by atoms with E-state index in [4.69, 9.17) is 4.74 Å². The van der Waals surface area contributed by atoms with Crippen LogP contribution in [0, 0.1) is 17.4 Å². The monoisotopic (exact) mass is 425 g/mol. The van der Waals surface area contributed by atoms with E-state index in [1.54, 1.807) is 32.0 Å². The van der Waals surface area contributed by atoms with Crippen molar-refractivity contribution in [1.29, 1.82) is 0 Å². The fraction of sp³-hybridized carbons (Fsp3) is 0.235. The summed E-state index contributed by atoms with van der Waals surface area (Å²) in [5.74, 6) is -1.01. The molecule has 0 saturated heterocycles. The lowest BCUT2D eigenvalue weighted by atomic mass is 10.1. The minimum Gasteiger partial charge on any atom is -0.454 e. The van der Waals surface area contributed by atoms with Crippen molar-refractivity contribution >= 4 is 40.1 Å². The molecule has 120 valence electrons. The number of ether oxygens (including phenoxy) is 1. The van der Waals surface area contributed by atoms with Crippen LogP contribution in [0.1, 0.15) is 49.4 Å². The lowest BCUT2D eigenvalue weighted by Gasteiger charge is -2.06. The standard InChI is InChI=1S/C17H16INO4/c1-9-15(11(3)20)10(2)19-16(9)14(21)8-23-17(22)12-6-4-5-7-13(12)18/h4-7,19H,8H2,1-3H3. The van der Waals surface area contributed by atoms with E-state index in [-0.39, 0.29) is 18.2 Å². The molecule has 0 aliphatic heterocycles. The average molecular weight is 425 g/mol. The van der Waals surface area contributed by atoms with Crippen LogP contribution in [0.25, 0.3) is 0 Å².